The highest BCUT2D eigenvalue weighted by atomic mass is 16.5. The predicted molar refractivity (Wildman–Crippen MR) is 97.3 cm³/mol. The number of hydrogen-bond acceptors (Lipinski definition) is 4. The Morgan fingerprint density at radius 3 is 2.56 bits per heavy atom. The number of ether oxygens (including phenoxy) is 1. The molecular formula is C20H27N3O2. The standard InChI is InChI=1S/C20H27N3O2/c1-15-2-7-19(25-15)8-9-20(24)22-17-10-12-23(13-11-17)18-5-3-16(14-21)4-6-18/h3-6,15,17,19H,2,7-13H2,1H3,(H,22,24)/t15-,19-/m0/s1. The van der Waals surface area contributed by atoms with Crippen LogP contribution >= 0.6 is 0 Å². The van der Waals surface area contributed by atoms with Gasteiger partial charge in [-0.05, 0) is 63.3 Å². The highest BCUT2D eigenvalue weighted by Crippen LogP contribution is 2.23. The molecule has 0 bridgehead atoms. The quantitative estimate of drug-likeness (QED) is 0.894. The molecular weight excluding hydrogens is 314 g/mol. The second kappa shape index (κ2) is 8.35. The zero-order chi connectivity index (χ0) is 17.6. The summed E-state index contributed by atoms with van der Waals surface area (Å²) < 4.78 is 5.77. The van der Waals surface area contributed by atoms with Crippen molar-refractivity contribution < 1.29 is 9.53 Å². The van der Waals surface area contributed by atoms with Gasteiger partial charge in [-0.2, -0.15) is 5.26 Å². The molecule has 0 aromatic heterocycles. The Hall–Kier alpha value is -2.06. The normalized spacial score (nSPS) is 24.1. The van der Waals surface area contributed by atoms with Gasteiger partial charge >= 0.3 is 0 Å². The third-order valence-electron chi connectivity index (χ3n) is 5.23. The van der Waals surface area contributed by atoms with Crippen molar-refractivity contribution >= 4 is 11.6 Å². The maximum Gasteiger partial charge on any atom is 0.220 e. The van der Waals surface area contributed by atoms with E-state index in [1.807, 2.05) is 24.3 Å². The van der Waals surface area contributed by atoms with Gasteiger partial charge in [-0.25, -0.2) is 0 Å². The zero-order valence-electron chi connectivity index (χ0n) is 14.9. The molecule has 1 N–H and O–H groups in total. The summed E-state index contributed by atoms with van der Waals surface area (Å²) in [6, 6.07) is 10.1. The molecule has 0 radical (unpaired) electrons. The molecule has 0 unspecified atom stereocenters. The van der Waals surface area contributed by atoms with E-state index in [0.717, 1.165) is 50.9 Å². The lowest BCUT2D eigenvalue weighted by Gasteiger charge is -2.34. The fourth-order valence-electron chi connectivity index (χ4n) is 3.72. The molecule has 2 aliphatic heterocycles. The summed E-state index contributed by atoms with van der Waals surface area (Å²) in [6.07, 6.45) is 6.12. The average Bonchev–Trinajstić information content (AvgIpc) is 3.06. The monoisotopic (exact) mass is 341 g/mol. The van der Waals surface area contributed by atoms with Crippen molar-refractivity contribution in [2.24, 2.45) is 0 Å². The molecule has 3 rings (SSSR count). The minimum absolute atomic E-state index is 0.153. The van der Waals surface area contributed by atoms with Gasteiger partial charge in [0, 0.05) is 31.2 Å². The van der Waals surface area contributed by atoms with Crippen LogP contribution in [0.2, 0.25) is 0 Å². The van der Waals surface area contributed by atoms with E-state index in [1.165, 1.54) is 0 Å². The van der Waals surface area contributed by atoms with Gasteiger partial charge in [0.15, 0.2) is 0 Å². The molecule has 0 aliphatic carbocycles. The molecule has 1 aromatic carbocycles. The molecule has 2 aliphatic rings. The van der Waals surface area contributed by atoms with Gasteiger partial charge in [0.05, 0.1) is 23.8 Å². The molecule has 25 heavy (non-hydrogen) atoms. The van der Waals surface area contributed by atoms with Crippen LogP contribution in [0.25, 0.3) is 0 Å². The molecule has 2 atom stereocenters. The summed E-state index contributed by atoms with van der Waals surface area (Å²) >= 11 is 0. The van der Waals surface area contributed by atoms with Gasteiger partial charge in [0.25, 0.3) is 0 Å². The van der Waals surface area contributed by atoms with Crippen LogP contribution < -0.4 is 10.2 Å². The molecule has 0 spiro atoms. The summed E-state index contributed by atoms with van der Waals surface area (Å²) in [5.41, 5.74) is 1.84. The van der Waals surface area contributed by atoms with Crippen molar-refractivity contribution in [1.82, 2.24) is 5.32 Å². The lowest BCUT2D eigenvalue weighted by Crippen LogP contribution is -2.44. The minimum atomic E-state index is 0.153. The van der Waals surface area contributed by atoms with Gasteiger partial charge in [0.1, 0.15) is 0 Å². The number of piperidine rings is 1. The van der Waals surface area contributed by atoms with E-state index in [4.69, 9.17) is 10.00 Å². The van der Waals surface area contributed by atoms with Crippen molar-refractivity contribution in [2.45, 2.75) is 63.7 Å². The number of nitriles is 1. The van der Waals surface area contributed by atoms with Crippen LogP contribution in [0.15, 0.2) is 24.3 Å². The Morgan fingerprint density at radius 1 is 1.24 bits per heavy atom. The minimum Gasteiger partial charge on any atom is -0.375 e. The third-order valence-corrected chi connectivity index (χ3v) is 5.23. The van der Waals surface area contributed by atoms with Crippen molar-refractivity contribution in [1.29, 1.82) is 5.26 Å². The van der Waals surface area contributed by atoms with Gasteiger partial charge in [-0.15, -0.1) is 0 Å². The molecule has 1 aromatic rings. The van der Waals surface area contributed by atoms with Crippen molar-refractivity contribution in [3.05, 3.63) is 29.8 Å². The smallest absolute Gasteiger partial charge is 0.220 e. The van der Waals surface area contributed by atoms with Crippen LogP contribution in [0.1, 0.15) is 51.0 Å². The highest BCUT2D eigenvalue weighted by Gasteiger charge is 2.24. The van der Waals surface area contributed by atoms with Gasteiger partial charge in [-0.1, -0.05) is 0 Å². The zero-order valence-corrected chi connectivity index (χ0v) is 14.9. The third kappa shape index (κ3) is 4.96. The maximum atomic E-state index is 12.2. The fraction of sp³-hybridized carbons (Fsp3) is 0.600. The number of rotatable bonds is 5. The molecule has 2 fully saturated rings. The molecule has 5 nitrogen and oxygen atoms in total. The molecule has 1 amide bonds. The van der Waals surface area contributed by atoms with E-state index in [2.05, 4.69) is 23.2 Å². The van der Waals surface area contributed by atoms with Crippen LogP contribution in [0.5, 0.6) is 0 Å². The number of benzene rings is 1. The summed E-state index contributed by atoms with van der Waals surface area (Å²) in [5, 5.41) is 12.1. The van der Waals surface area contributed by atoms with Gasteiger partial charge < -0.3 is 15.0 Å². The van der Waals surface area contributed by atoms with Crippen LogP contribution in [0.4, 0.5) is 5.69 Å². The lowest BCUT2D eigenvalue weighted by atomic mass is 10.0. The van der Waals surface area contributed by atoms with E-state index in [9.17, 15) is 4.79 Å². The second-order valence-corrected chi connectivity index (χ2v) is 7.17. The van der Waals surface area contributed by atoms with Crippen molar-refractivity contribution in [3.8, 4) is 6.07 Å². The van der Waals surface area contributed by atoms with Gasteiger partial charge in [-0.3, -0.25) is 4.79 Å². The van der Waals surface area contributed by atoms with E-state index < -0.39 is 0 Å². The maximum absolute atomic E-state index is 12.2. The molecule has 5 heteroatoms. The highest BCUT2D eigenvalue weighted by molar-refractivity contribution is 5.76. The Kier molecular flexibility index (Phi) is 5.93. The number of anilines is 1. The lowest BCUT2D eigenvalue weighted by molar-refractivity contribution is -0.122. The van der Waals surface area contributed by atoms with Crippen molar-refractivity contribution in [2.75, 3.05) is 18.0 Å². The SMILES string of the molecule is C[C@H]1CC[C@@H](CCC(=O)NC2CCN(c3ccc(C#N)cc3)CC2)O1. The number of carbonyl (C=O) groups is 1. The summed E-state index contributed by atoms with van der Waals surface area (Å²) in [7, 11) is 0. The first-order chi connectivity index (χ1) is 12.1. The fourth-order valence-corrected chi connectivity index (χ4v) is 3.72. The largest absolute Gasteiger partial charge is 0.375 e. The van der Waals surface area contributed by atoms with Crippen LogP contribution in [-0.2, 0) is 9.53 Å². The second-order valence-electron chi connectivity index (χ2n) is 7.17. The van der Waals surface area contributed by atoms with E-state index in [0.29, 0.717) is 18.1 Å². The molecule has 0 saturated carbocycles. The first-order valence-electron chi connectivity index (χ1n) is 9.34. The molecule has 134 valence electrons. The van der Waals surface area contributed by atoms with Gasteiger partial charge in [0.2, 0.25) is 5.91 Å². The Morgan fingerprint density at radius 2 is 1.96 bits per heavy atom. The van der Waals surface area contributed by atoms with E-state index in [1.54, 1.807) is 0 Å². The Bertz CT molecular complexity index is 615. The average molecular weight is 341 g/mol. The first kappa shape index (κ1) is 17.8. The summed E-state index contributed by atoms with van der Waals surface area (Å²) in [5.74, 6) is 0.153. The summed E-state index contributed by atoms with van der Waals surface area (Å²) in [6.45, 7) is 3.96. The topological polar surface area (TPSA) is 65.4 Å². The van der Waals surface area contributed by atoms with Crippen LogP contribution in [-0.4, -0.2) is 37.2 Å². The Labute approximate surface area is 150 Å². The van der Waals surface area contributed by atoms with Crippen LogP contribution in [0.3, 0.4) is 0 Å². The molecule has 2 saturated heterocycles. The number of carbonyl (C=O) groups excluding carboxylic acids is 1. The number of hydrogen-bond donors (Lipinski definition) is 1. The molecule has 2 heterocycles. The van der Waals surface area contributed by atoms with E-state index in [-0.39, 0.29) is 18.1 Å². The van der Waals surface area contributed by atoms with Crippen LogP contribution in [0, 0.1) is 11.3 Å². The van der Waals surface area contributed by atoms with Crippen molar-refractivity contribution in [3.63, 3.8) is 0 Å². The Balaban J connectivity index is 1.38. The number of nitrogens with zero attached hydrogens (tertiary/aromatic N) is 2. The number of nitrogens with one attached hydrogen (secondary N) is 1. The number of amides is 1. The first-order valence-corrected chi connectivity index (χ1v) is 9.34. The summed E-state index contributed by atoms with van der Waals surface area (Å²) in [4.78, 5) is 14.5. The van der Waals surface area contributed by atoms with E-state index >= 15 is 0 Å². The predicted octanol–water partition coefficient (Wildman–Crippen LogP) is 2.99.